The topological polar surface area (TPSA) is 43.4 Å². The zero-order chi connectivity index (χ0) is 13.1. The predicted molar refractivity (Wildman–Crippen MR) is 66.8 cm³/mol. The molecule has 2 aliphatic carbocycles. The number of ketones is 1. The lowest BCUT2D eigenvalue weighted by molar-refractivity contribution is -0.144. The molecule has 1 aliphatic heterocycles. The Labute approximate surface area is 108 Å². The largest absolute Gasteiger partial charge is 0.462 e. The molecule has 3 rings (SSSR count). The first-order chi connectivity index (χ1) is 8.43. The van der Waals surface area contributed by atoms with Crippen LogP contribution in [0, 0.1) is 29.1 Å². The highest BCUT2D eigenvalue weighted by Gasteiger charge is 2.66. The molecule has 0 amide bonds. The standard InChI is InChI=1S/C15H22O3/c1-8(16)4-5-11-12-6-10-9(2)14(17)18-13(10)7-15(11,12)3/h9-13H,4-7H2,1-3H3/t9-,10+,11-,12+,13-,15-/m0/s1. The lowest BCUT2D eigenvalue weighted by atomic mass is 9.77. The molecule has 0 N–H and O–H groups in total. The van der Waals surface area contributed by atoms with Crippen molar-refractivity contribution in [1.82, 2.24) is 0 Å². The third kappa shape index (κ3) is 1.63. The molecule has 0 aromatic carbocycles. The van der Waals surface area contributed by atoms with E-state index in [9.17, 15) is 9.59 Å². The number of carbonyl (C=O) groups excluding carboxylic acids is 2. The first-order valence-corrected chi connectivity index (χ1v) is 7.13. The number of carbonyl (C=O) groups is 2. The molecule has 18 heavy (non-hydrogen) atoms. The van der Waals surface area contributed by atoms with E-state index >= 15 is 0 Å². The van der Waals surface area contributed by atoms with Gasteiger partial charge in [0, 0.05) is 12.3 Å². The Morgan fingerprint density at radius 1 is 1.50 bits per heavy atom. The van der Waals surface area contributed by atoms with Crippen molar-refractivity contribution >= 4 is 11.8 Å². The number of hydrogen-bond donors (Lipinski definition) is 0. The van der Waals surface area contributed by atoms with Gasteiger partial charge in [-0.1, -0.05) is 13.8 Å². The van der Waals surface area contributed by atoms with Gasteiger partial charge in [0.1, 0.15) is 11.9 Å². The number of ether oxygens (including phenoxy) is 1. The first-order valence-electron chi connectivity index (χ1n) is 7.13. The molecule has 3 heteroatoms. The van der Waals surface area contributed by atoms with Gasteiger partial charge in [0.25, 0.3) is 0 Å². The lowest BCUT2D eigenvalue weighted by Crippen LogP contribution is -2.28. The van der Waals surface area contributed by atoms with E-state index in [4.69, 9.17) is 4.74 Å². The Balaban J connectivity index is 1.67. The summed E-state index contributed by atoms with van der Waals surface area (Å²) in [5.74, 6) is 2.19. The van der Waals surface area contributed by atoms with Gasteiger partial charge in [0.15, 0.2) is 0 Å². The van der Waals surface area contributed by atoms with Gasteiger partial charge in [-0.3, -0.25) is 4.79 Å². The summed E-state index contributed by atoms with van der Waals surface area (Å²) in [6.07, 6.45) is 4.02. The molecule has 0 spiro atoms. The molecule has 0 unspecified atom stereocenters. The van der Waals surface area contributed by atoms with Gasteiger partial charge in [0.2, 0.25) is 0 Å². The molecule has 0 aromatic rings. The maximum Gasteiger partial charge on any atom is 0.309 e. The van der Waals surface area contributed by atoms with Crippen molar-refractivity contribution in [2.45, 2.75) is 52.6 Å². The monoisotopic (exact) mass is 250 g/mol. The SMILES string of the molecule is CC(=O)CC[C@H]1[C@H]2C[C@H]3[C@H](C[C@]21C)OC(=O)[C@H]3C. The van der Waals surface area contributed by atoms with Crippen LogP contribution in [-0.2, 0) is 14.3 Å². The Morgan fingerprint density at radius 2 is 2.22 bits per heavy atom. The van der Waals surface area contributed by atoms with Gasteiger partial charge in [-0.05, 0) is 43.4 Å². The molecule has 6 atom stereocenters. The summed E-state index contributed by atoms with van der Waals surface area (Å²) >= 11 is 0. The van der Waals surface area contributed by atoms with Crippen molar-refractivity contribution in [2.24, 2.45) is 29.1 Å². The lowest BCUT2D eigenvalue weighted by Gasteiger charge is -2.28. The number of hydrogen-bond acceptors (Lipinski definition) is 3. The molecule has 3 nitrogen and oxygen atoms in total. The van der Waals surface area contributed by atoms with Gasteiger partial charge < -0.3 is 9.53 Å². The van der Waals surface area contributed by atoms with E-state index in [-0.39, 0.29) is 18.0 Å². The molecule has 3 fully saturated rings. The number of rotatable bonds is 3. The molecule has 0 aromatic heterocycles. The summed E-state index contributed by atoms with van der Waals surface area (Å²) in [7, 11) is 0. The van der Waals surface area contributed by atoms with Crippen LogP contribution in [-0.4, -0.2) is 17.9 Å². The van der Waals surface area contributed by atoms with E-state index in [1.165, 1.54) is 0 Å². The molecule has 100 valence electrons. The van der Waals surface area contributed by atoms with Crippen molar-refractivity contribution in [3.63, 3.8) is 0 Å². The highest BCUT2D eigenvalue weighted by Crippen LogP contribution is 2.70. The minimum absolute atomic E-state index is 0.00446. The summed E-state index contributed by atoms with van der Waals surface area (Å²) in [6, 6.07) is 0. The second-order valence-corrected chi connectivity index (χ2v) is 6.83. The Kier molecular flexibility index (Phi) is 2.58. The quantitative estimate of drug-likeness (QED) is 0.723. The fourth-order valence-corrected chi connectivity index (χ4v) is 4.51. The third-order valence-electron chi connectivity index (χ3n) is 5.80. The molecule has 2 saturated carbocycles. The summed E-state index contributed by atoms with van der Waals surface area (Å²) in [4.78, 5) is 22.7. The summed E-state index contributed by atoms with van der Waals surface area (Å²) in [5, 5.41) is 0. The normalized spacial score (nSPS) is 49.3. The van der Waals surface area contributed by atoms with E-state index in [2.05, 4.69) is 6.92 Å². The maximum atomic E-state index is 11.6. The van der Waals surface area contributed by atoms with Crippen molar-refractivity contribution in [2.75, 3.05) is 0 Å². The Morgan fingerprint density at radius 3 is 2.89 bits per heavy atom. The van der Waals surface area contributed by atoms with Crippen LogP contribution < -0.4 is 0 Å². The molecule has 0 bridgehead atoms. The fraction of sp³-hybridized carbons (Fsp3) is 0.867. The van der Waals surface area contributed by atoms with E-state index in [0.717, 1.165) is 25.2 Å². The zero-order valence-corrected chi connectivity index (χ0v) is 11.4. The van der Waals surface area contributed by atoms with Gasteiger partial charge in [-0.25, -0.2) is 0 Å². The van der Waals surface area contributed by atoms with E-state index in [0.29, 0.717) is 29.5 Å². The average Bonchev–Trinajstić information content (AvgIpc) is 2.77. The van der Waals surface area contributed by atoms with Gasteiger partial charge >= 0.3 is 5.97 Å². The van der Waals surface area contributed by atoms with Crippen LogP contribution in [0.1, 0.15) is 46.5 Å². The third-order valence-corrected chi connectivity index (χ3v) is 5.80. The van der Waals surface area contributed by atoms with E-state index in [1.807, 2.05) is 6.92 Å². The summed E-state index contributed by atoms with van der Waals surface area (Å²) < 4.78 is 5.51. The van der Waals surface area contributed by atoms with Crippen LogP contribution in [0.25, 0.3) is 0 Å². The van der Waals surface area contributed by atoms with Crippen molar-refractivity contribution in [3.8, 4) is 0 Å². The van der Waals surface area contributed by atoms with Crippen LogP contribution in [0.4, 0.5) is 0 Å². The minimum atomic E-state index is -0.00446. The van der Waals surface area contributed by atoms with Crippen LogP contribution in [0.2, 0.25) is 0 Å². The van der Waals surface area contributed by atoms with Gasteiger partial charge in [-0.15, -0.1) is 0 Å². The molecular weight excluding hydrogens is 228 g/mol. The van der Waals surface area contributed by atoms with E-state index in [1.54, 1.807) is 6.92 Å². The molecule has 0 radical (unpaired) electrons. The molecule has 1 heterocycles. The zero-order valence-electron chi connectivity index (χ0n) is 11.4. The van der Waals surface area contributed by atoms with Crippen LogP contribution in [0.15, 0.2) is 0 Å². The van der Waals surface area contributed by atoms with Crippen molar-refractivity contribution in [3.05, 3.63) is 0 Å². The highest BCUT2D eigenvalue weighted by molar-refractivity contribution is 5.75. The predicted octanol–water partition coefficient (Wildman–Crippen LogP) is 2.58. The second-order valence-electron chi connectivity index (χ2n) is 6.83. The Bertz CT molecular complexity index is 403. The van der Waals surface area contributed by atoms with Crippen molar-refractivity contribution in [1.29, 1.82) is 0 Å². The Hall–Kier alpha value is -0.860. The van der Waals surface area contributed by atoms with Crippen LogP contribution >= 0.6 is 0 Å². The second kappa shape index (κ2) is 3.82. The number of Topliss-reactive ketones (excluding diaryl/α,β-unsaturated/α-hetero) is 1. The average molecular weight is 250 g/mol. The van der Waals surface area contributed by atoms with Crippen LogP contribution in [0.3, 0.4) is 0 Å². The van der Waals surface area contributed by atoms with E-state index < -0.39 is 0 Å². The number of esters is 1. The van der Waals surface area contributed by atoms with Crippen molar-refractivity contribution < 1.29 is 14.3 Å². The highest BCUT2D eigenvalue weighted by atomic mass is 16.6. The maximum absolute atomic E-state index is 11.6. The molecular formula is C15H22O3. The summed E-state index contributed by atoms with van der Waals surface area (Å²) in [5.41, 5.74) is 0.334. The number of fused-ring (bicyclic) bond motifs is 2. The minimum Gasteiger partial charge on any atom is -0.462 e. The first kappa shape index (κ1) is 12.2. The summed E-state index contributed by atoms with van der Waals surface area (Å²) in [6.45, 7) is 5.99. The fourth-order valence-electron chi connectivity index (χ4n) is 4.51. The van der Waals surface area contributed by atoms with Gasteiger partial charge in [-0.2, -0.15) is 0 Å². The van der Waals surface area contributed by atoms with Crippen LogP contribution in [0.5, 0.6) is 0 Å². The van der Waals surface area contributed by atoms with Gasteiger partial charge in [0.05, 0.1) is 5.92 Å². The smallest absolute Gasteiger partial charge is 0.309 e. The molecule has 3 aliphatic rings. The molecule has 1 saturated heterocycles.